The Balaban J connectivity index is 2.14. The summed E-state index contributed by atoms with van der Waals surface area (Å²) >= 11 is 0. The van der Waals surface area contributed by atoms with E-state index in [1.807, 2.05) is 30.4 Å². The zero-order chi connectivity index (χ0) is 15.9. The molecule has 0 N–H and O–H groups in total. The zero-order valence-electron chi connectivity index (χ0n) is 13.0. The number of carbonyl (C=O) groups is 1. The lowest BCUT2D eigenvalue weighted by Crippen LogP contribution is -2.12. The summed E-state index contributed by atoms with van der Waals surface area (Å²) in [4.78, 5) is 12.1. The van der Waals surface area contributed by atoms with Crippen molar-refractivity contribution in [2.24, 2.45) is 5.92 Å². The Bertz CT molecular complexity index is 611. The van der Waals surface area contributed by atoms with Gasteiger partial charge in [-0.15, -0.1) is 0 Å². The molecule has 116 valence electrons. The van der Waals surface area contributed by atoms with Crippen LogP contribution in [0, 0.1) is 5.92 Å². The predicted molar refractivity (Wildman–Crippen MR) is 84.2 cm³/mol. The zero-order valence-corrected chi connectivity index (χ0v) is 13.0. The van der Waals surface area contributed by atoms with E-state index in [9.17, 15) is 4.79 Å². The number of methoxy groups -OCH3 is 3. The fourth-order valence-corrected chi connectivity index (χ4v) is 2.36. The highest BCUT2D eigenvalue weighted by Crippen LogP contribution is 2.31. The maximum absolute atomic E-state index is 12.1. The summed E-state index contributed by atoms with van der Waals surface area (Å²) in [7, 11) is 4.76. The van der Waals surface area contributed by atoms with Crippen LogP contribution in [0.1, 0.15) is 16.8 Å². The number of allylic oxidation sites excluding steroid dienone is 4. The van der Waals surface area contributed by atoms with Gasteiger partial charge in [-0.1, -0.05) is 36.4 Å². The van der Waals surface area contributed by atoms with Crippen molar-refractivity contribution in [3.05, 3.63) is 71.4 Å². The topological polar surface area (TPSA) is 44.8 Å². The van der Waals surface area contributed by atoms with Crippen molar-refractivity contribution in [2.45, 2.75) is 6.42 Å². The Labute approximate surface area is 130 Å². The third kappa shape index (κ3) is 3.58. The third-order valence-corrected chi connectivity index (χ3v) is 3.49. The predicted octanol–water partition coefficient (Wildman–Crippen LogP) is 3.48. The monoisotopic (exact) mass is 300 g/mol. The first-order chi connectivity index (χ1) is 10.7. The highest BCUT2D eigenvalue weighted by Gasteiger charge is 2.23. The highest BCUT2D eigenvalue weighted by atomic mass is 16.5. The van der Waals surface area contributed by atoms with E-state index >= 15 is 0 Å². The molecule has 0 aromatic heterocycles. The molecule has 22 heavy (non-hydrogen) atoms. The van der Waals surface area contributed by atoms with Crippen molar-refractivity contribution in [2.75, 3.05) is 21.3 Å². The van der Waals surface area contributed by atoms with Crippen LogP contribution in [0.15, 0.2) is 65.8 Å². The van der Waals surface area contributed by atoms with Crippen molar-refractivity contribution in [3.8, 4) is 0 Å². The van der Waals surface area contributed by atoms with Crippen molar-refractivity contribution >= 4 is 5.78 Å². The smallest absolute Gasteiger partial charge is 0.198 e. The number of ketones is 1. The molecular weight excluding hydrogens is 280 g/mol. The fraction of sp³-hybridized carbons (Fsp3) is 0.278. The Morgan fingerprint density at radius 1 is 1.09 bits per heavy atom. The minimum Gasteiger partial charge on any atom is -0.497 e. The van der Waals surface area contributed by atoms with E-state index in [0.717, 1.165) is 0 Å². The number of hydrogen-bond acceptors (Lipinski definition) is 4. The van der Waals surface area contributed by atoms with Crippen molar-refractivity contribution < 1.29 is 19.0 Å². The van der Waals surface area contributed by atoms with E-state index in [0.29, 0.717) is 29.3 Å². The van der Waals surface area contributed by atoms with Gasteiger partial charge in [0.2, 0.25) is 0 Å². The Morgan fingerprint density at radius 3 is 2.41 bits per heavy atom. The van der Waals surface area contributed by atoms with Crippen LogP contribution < -0.4 is 0 Å². The second-order valence-corrected chi connectivity index (χ2v) is 4.85. The van der Waals surface area contributed by atoms with Gasteiger partial charge in [-0.25, -0.2) is 0 Å². The molecule has 0 fully saturated rings. The quantitative estimate of drug-likeness (QED) is 0.596. The number of carbonyl (C=O) groups excluding carboxylic acids is 1. The molecular formula is C18H20O4. The van der Waals surface area contributed by atoms with Crippen LogP contribution in [0.5, 0.6) is 0 Å². The summed E-state index contributed by atoms with van der Waals surface area (Å²) in [5, 5.41) is 0. The van der Waals surface area contributed by atoms with Gasteiger partial charge in [0.15, 0.2) is 17.3 Å². The van der Waals surface area contributed by atoms with Gasteiger partial charge < -0.3 is 14.2 Å². The third-order valence-electron chi connectivity index (χ3n) is 3.49. The Kier molecular flexibility index (Phi) is 5.42. The van der Waals surface area contributed by atoms with Gasteiger partial charge in [0.25, 0.3) is 0 Å². The first-order valence-electron chi connectivity index (χ1n) is 7.04. The first kappa shape index (κ1) is 15.9. The molecule has 1 aromatic rings. The van der Waals surface area contributed by atoms with Crippen molar-refractivity contribution in [1.82, 2.24) is 0 Å². The van der Waals surface area contributed by atoms with Crippen molar-refractivity contribution in [1.29, 1.82) is 0 Å². The molecule has 1 aliphatic rings. The lowest BCUT2D eigenvalue weighted by molar-refractivity contribution is 0.104. The summed E-state index contributed by atoms with van der Waals surface area (Å²) in [5.74, 6) is 1.94. The molecule has 0 radical (unpaired) electrons. The Hall–Kier alpha value is -2.49. The minimum absolute atomic E-state index is 0.0200. The molecule has 0 spiro atoms. The van der Waals surface area contributed by atoms with Crippen LogP contribution in [0.3, 0.4) is 0 Å². The molecule has 0 saturated heterocycles. The second-order valence-electron chi connectivity index (χ2n) is 4.85. The van der Waals surface area contributed by atoms with E-state index in [1.54, 1.807) is 39.5 Å². The van der Waals surface area contributed by atoms with Gasteiger partial charge in [-0.2, -0.15) is 0 Å². The normalized spacial score (nSPS) is 18.1. The summed E-state index contributed by atoms with van der Waals surface area (Å²) in [5.41, 5.74) is 0.672. The van der Waals surface area contributed by atoms with Gasteiger partial charge >= 0.3 is 0 Å². The highest BCUT2D eigenvalue weighted by molar-refractivity contribution is 6.04. The minimum atomic E-state index is -0.0200. The summed E-state index contributed by atoms with van der Waals surface area (Å²) in [6.45, 7) is 0. The average Bonchev–Trinajstić information content (AvgIpc) is 2.59. The SMILES string of the molecule is COC1=CC(C=CC(=O)c2ccccc2)CC(OC)=C1OC. The summed E-state index contributed by atoms with van der Waals surface area (Å²) in [6.07, 6.45) is 6.01. The number of ether oxygens (including phenoxy) is 3. The molecule has 1 atom stereocenters. The average molecular weight is 300 g/mol. The standard InChI is InChI=1S/C18H20O4/c1-20-16-11-13(12-17(21-2)18(16)22-3)9-10-15(19)14-7-5-4-6-8-14/h4-11,13H,12H2,1-3H3. The molecule has 0 amide bonds. The van der Waals surface area contributed by atoms with E-state index < -0.39 is 0 Å². The van der Waals surface area contributed by atoms with Gasteiger partial charge in [0.1, 0.15) is 5.76 Å². The molecule has 4 heteroatoms. The van der Waals surface area contributed by atoms with Crippen molar-refractivity contribution in [3.63, 3.8) is 0 Å². The number of rotatable bonds is 6. The molecule has 0 heterocycles. The van der Waals surface area contributed by atoms with E-state index in [-0.39, 0.29) is 11.7 Å². The molecule has 1 aliphatic carbocycles. The van der Waals surface area contributed by atoms with Gasteiger partial charge in [-0.3, -0.25) is 4.79 Å². The van der Waals surface area contributed by atoms with E-state index in [2.05, 4.69) is 0 Å². The second kappa shape index (κ2) is 7.50. The van der Waals surface area contributed by atoms with Gasteiger partial charge in [0.05, 0.1) is 21.3 Å². The molecule has 1 unspecified atom stereocenters. The van der Waals surface area contributed by atoms with Crippen LogP contribution in [0.4, 0.5) is 0 Å². The van der Waals surface area contributed by atoms with Gasteiger partial charge in [0, 0.05) is 17.9 Å². The lowest BCUT2D eigenvalue weighted by Gasteiger charge is -2.22. The lowest BCUT2D eigenvalue weighted by atomic mass is 9.96. The van der Waals surface area contributed by atoms with Crippen LogP contribution >= 0.6 is 0 Å². The molecule has 2 rings (SSSR count). The number of benzene rings is 1. The van der Waals surface area contributed by atoms with E-state index in [4.69, 9.17) is 14.2 Å². The largest absolute Gasteiger partial charge is 0.497 e. The maximum atomic E-state index is 12.1. The molecule has 0 saturated carbocycles. The summed E-state index contributed by atoms with van der Waals surface area (Å²) in [6, 6.07) is 9.18. The van der Waals surface area contributed by atoms with Crippen LogP contribution in [-0.2, 0) is 14.2 Å². The maximum Gasteiger partial charge on any atom is 0.198 e. The Morgan fingerprint density at radius 2 is 1.82 bits per heavy atom. The van der Waals surface area contributed by atoms with Crippen LogP contribution in [-0.4, -0.2) is 27.1 Å². The molecule has 4 nitrogen and oxygen atoms in total. The molecule has 1 aromatic carbocycles. The van der Waals surface area contributed by atoms with Crippen LogP contribution in [0.25, 0.3) is 0 Å². The van der Waals surface area contributed by atoms with Crippen LogP contribution in [0.2, 0.25) is 0 Å². The van der Waals surface area contributed by atoms with E-state index in [1.165, 1.54) is 0 Å². The van der Waals surface area contributed by atoms with Gasteiger partial charge in [-0.05, 0) is 12.2 Å². The molecule has 0 bridgehead atoms. The summed E-state index contributed by atoms with van der Waals surface area (Å²) < 4.78 is 16.0. The fourth-order valence-electron chi connectivity index (χ4n) is 2.36. The molecule has 0 aliphatic heterocycles. The number of hydrogen-bond donors (Lipinski definition) is 0. The first-order valence-corrected chi connectivity index (χ1v) is 7.04.